The molecule has 1 aromatic carbocycles. The monoisotopic (exact) mass is 388 g/mol. The van der Waals surface area contributed by atoms with E-state index in [1.165, 1.54) is 11.3 Å². The molecule has 4 rings (SSSR count). The molecule has 1 N–H and O–H groups in total. The molecule has 7 nitrogen and oxygen atoms in total. The Balaban J connectivity index is 1.56. The van der Waals surface area contributed by atoms with Crippen molar-refractivity contribution in [2.45, 2.75) is 38.4 Å². The van der Waals surface area contributed by atoms with Crippen molar-refractivity contribution in [3.8, 4) is 5.75 Å². The number of esters is 2. The number of hydrogen-bond acceptors (Lipinski definition) is 8. The number of benzene rings is 1. The van der Waals surface area contributed by atoms with Crippen LogP contribution in [0, 0.1) is 5.41 Å². The first-order chi connectivity index (χ1) is 12.8. The normalized spacial score (nSPS) is 29.7. The lowest BCUT2D eigenvalue weighted by Gasteiger charge is -2.20. The average molecular weight is 388 g/mol. The van der Waals surface area contributed by atoms with Gasteiger partial charge in [0.15, 0.2) is 16.1 Å². The molecule has 3 atom stereocenters. The SMILES string of the molecule is COc1cccc(Nc2nc([C@]3(C)C[C@]4(C[C@@H](C)OC4=O)C(=O)O3)cs2)c1. The Bertz CT molecular complexity index is 913. The number of ether oxygens (including phenoxy) is 3. The zero-order chi connectivity index (χ0) is 19.2. The number of nitrogens with zero attached hydrogens (tertiary/aromatic N) is 1. The molecule has 2 saturated heterocycles. The number of cyclic esters (lactones) is 2. The van der Waals surface area contributed by atoms with E-state index in [1.54, 1.807) is 21.0 Å². The van der Waals surface area contributed by atoms with Crippen LogP contribution < -0.4 is 10.1 Å². The molecule has 3 heterocycles. The van der Waals surface area contributed by atoms with Gasteiger partial charge in [-0.25, -0.2) is 4.98 Å². The maximum Gasteiger partial charge on any atom is 0.324 e. The Hall–Kier alpha value is -2.61. The third kappa shape index (κ3) is 2.93. The minimum absolute atomic E-state index is 0.240. The summed E-state index contributed by atoms with van der Waals surface area (Å²) in [5.74, 6) is -0.271. The third-order valence-electron chi connectivity index (χ3n) is 5.05. The van der Waals surface area contributed by atoms with Crippen LogP contribution in [0.15, 0.2) is 29.6 Å². The quantitative estimate of drug-likeness (QED) is 0.635. The lowest BCUT2D eigenvalue weighted by molar-refractivity contribution is -0.160. The number of anilines is 2. The van der Waals surface area contributed by atoms with Gasteiger partial charge in [0.25, 0.3) is 0 Å². The Labute approximate surface area is 160 Å². The van der Waals surface area contributed by atoms with Gasteiger partial charge in [-0.2, -0.15) is 0 Å². The van der Waals surface area contributed by atoms with E-state index in [4.69, 9.17) is 14.2 Å². The van der Waals surface area contributed by atoms with Crippen LogP contribution in [0.4, 0.5) is 10.8 Å². The van der Waals surface area contributed by atoms with Gasteiger partial charge >= 0.3 is 11.9 Å². The molecule has 27 heavy (non-hydrogen) atoms. The van der Waals surface area contributed by atoms with E-state index in [1.807, 2.05) is 29.6 Å². The van der Waals surface area contributed by atoms with Crippen molar-refractivity contribution >= 4 is 34.1 Å². The van der Waals surface area contributed by atoms with Crippen LogP contribution in [0.2, 0.25) is 0 Å². The number of thiazole rings is 1. The van der Waals surface area contributed by atoms with E-state index >= 15 is 0 Å². The predicted molar refractivity (Wildman–Crippen MR) is 99.1 cm³/mol. The van der Waals surface area contributed by atoms with E-state index in [9.17, 15) is 9.59 Å². The van der Waals surface area contributed by atoms with Gasteiger partial charge in [0.2, 0.25) is 0 Å². The largest absolute Gasteiger partial charge is 0.497 e. The van der Waals surface area contributed by atoms with Gasteiger partial charge in [-0.15, -0.1) is 11.3 Å². The molecule has 0 amide bonds. The smallest absolute Gasteiger partial charge is 0.324 e. The summed E-state index contributed by atoms with van der Waals surface area (Å²) in [5, 5.41) is 5.73. The maximum atomic E-state index is 12.5. The number of carbonyl (C=O) groups excluding carboxylic acids is 2. The molecule has 8 heteroatoms. The lowest BCUT2D eigenvalue weighted by Crippen LogP contribution is -2.31. The van der Waals surface area contributed by atoms with E-state index in [-0.39, 0.29) is 12.5 Å². The van der Waals surface area contributed by atoms with Gasteiger partial charge in [-0.3, -0.25) is 9.59 Å². The number of methoxy groups -OCH3 is 1. The van der Waals surface area contributed by atoms with Gasteiger partial charge in [0.05, 0.1) is 12.8 Å². The summed E-state index contributed by atoms with van der Waals surface area (Å²) in [4.78, 5) is 29.4. The number of hydrogen-bond donors (Lipinski definition) is 1. The number of nitrogens with one attached hydrogen (secondary N) is 1. The minimum Gasteiger partial charge on any atom is -0.497 e. The highest BCUT2D eigenvalue weighted by atomic mass is 32.1. The molecule has 0 unspecified atom stereocenters. The average Bonchev–Trinajstić information content (AvgIpc) is 3.27. The van der Waals surface area contributed by atoms with Crippen LogP contribution in [0.1, 0.15) is 32.4 Å². The summed E-state index contributed by atoms with van der Waals surface area (Å²) in [7, 11) is 1.61. The molecule has 0 radical (unpaired) electrons. The zero-order valence-electron chi connectivity index (χ0n) is 15.3. The molecule has 0 saturated carbocycles. The summed E-state index contributed by atoms with van der Waals surface area (Å²) in [5.41, 5.74) is -0.702. The summed E-state index contributed by atoms with van der Waals surface area (Å²) in [6.45, 7) is 3.58. The van der Waals surface area contributed by atoms with E-state index in [0.717, 1.165) is 11.4 Å². The van der Waals surface area contributed by atoms with Crippen molar-refractivity contribution in [3.05, 3.63) is 35.3 Å². The first-order valence-corrected chi connectivity index (χ1v) is 9.54. The third-order valence-corrected chi connectivity index (χ3v) is 5.81. The first-order valence-electron chi connectivity index (χ1n) is 8.66. The summed E-state index contributed by atoms with van der Waals surface area (Å²) >= 11 is 1.41. The molecule has 2 aliphatic rings. The van der Waals surface area contributed by atoms with Crippen molar-refractivity contribution < 1.29 is 23.8 Å². The predicted octanol–water partition coefficient (Wildman–Crippen LogP) is 3.38. The molecule has 142 valence electrons. The van der Waals surface area contributed by atoms with E-state index < -0.39 is 23.0 Å². The van der Waals surface area contributed by atoms with Crippen LogP contribution in [0.5, 0.6) is 5.75 Å². The minimum atomic E-state index is -1.21. The van der Waals surface area contributed by atoms with Crippen molar-refractivity contribution in [1.29, 1.82) is 0 Å². The first kappa shape index (κ1) is 17.8. The van der Waals surface area contributed by atoms with Crippen molar-refractivity contribution in [2.75, 3.05) is 12.4 Å². The molecule has 2 aromatic rings. The highest BCUT2D eigenvalue weighted by Crippen LogP contribution is 2.52. The summed E-state index contributed by atoms with van der Waals surface area (Å²) in [6, 6.07) is 7.51. The summed E-state index contributed by atoms with van der Waals surface area (Å²) in [6.07, 6.45) is 0.303. The van der Waals surface area contributed by atoms with Crippen LogP contribution in [0.3, 0.4) is 0 Å². The standard InChI is InChI=1S/C19H20N2O5S/c1-11-8-19(15(22)25-11)10-18(2,26-16(19)23)14-9-27-17(21-14)20-12-5-4-6-13(7-12)24-3/h4-7,9,11H,8,10H2,1-3H3,(H,20,21)/t11-,18+,19+/m1/s1. The molecule has 1 spiro atoms. The molecular weight excluding hydrogens is 368 g/mol. The van der Waals surface area contributed by atoms with Crippen molar-refractivity contribution in [2.24, 2.45) is 5.41 Å². The molecule has 2 aliphatic heterocycles. The zero-order valence-corrected chi connectivity index (χ0v) is 16.1. The highest BCUT2D eigenvalue weighted by molar-refractivity contribution is 7.13. The maximum absolute atomic E-state index is 12.5. The van der Waals surface area contributed by atoms with Crippen molar-refractivity contribution in [3.63, 3.8) is 0 Å². The Morgan fingerprint density at radius 3 is 2.85 bits per heavy atom. The van der Waals surface area contributed by atoms with E-state index in [2.05, 4.69) is 10.3 Å². The highest BCUT2D eigenvalue weighted by Gasteiger charge is 2.65. The van der Waals surface area contributed by atoms with Gasteiger partial charge in [0, 0.05) is 30.0 Å². The molecule has 2 fully saturated rings. The van der Waals surface area contributed by atoms with Crippen molar-refractivity contribution in [1.82, 2.24) is 4.98 Å². The molecule has 1 aromatic heterocycles. The second kappa shape index (κ2) is 6.23. The van der Waals surface area contributed by atoms with Crippen LogP contribution in [-0.2, 0) is 24.7 Å². The molecular formula is C19H20N2O5S. The fourth-order valence-electron chi connectivity index (χ4n) is 3.75. The number of aromatic nitrogens is 1. The van der Waals surface area contributed by atoms with E-state index in [0.29, 0.717) is 17.2 Å². The number of rotatable bonds is 4. The van der Waals surface area contributed by atoms with Gasteiger partial charge in [-0.05, 0) is 26.0 Å². The Morgan fingerprint density at radius 1 is 1.33 bits per heavy atom. The topological polar surface area (TPSA) is 86.8 Å². The van der Waals surface area contributed by atoms with Gasteiger partial charge in [0.1, 0.15) is 11.9 Å². The fraction of sp³-hybridized carbons (Fsp3) is 0.421. The second-order valence-electron chi connectivity index (χ2n) is 7.19. The van der Waals surface area contributed by atoms with Gasteiger partial charge < -0.3 is 19.5 Å². The van der Waals surface area contributed by atoms with Crippen LogP contribution >= 0.6 is 11.3 Å². The summed E-state index contributed by atoms with van der Waals surface area (Å²) < 4.78 is 16.1. The second-order valence-corrected chi connectivity index (χ2v) is 8.05. The lowest BCUT2D eigenvalue weighted by atomic mass is 9.78. The molecule has 0 aliphatic carbocycles. The Kier molecular flexibility index (Phi) is 4.10. The van der Waals surface area contributed by atoms with Gasteiger partial charge in [-0.1, -0.05) is 6.07 Å². The van der Waals surface area contributed by atoms with Crippen LogP contribution in [0.25, 0.3) is 0 Å². The number of carbonyl (C=O) groups is 2. The fourth-order valence-corrected chi connectivity index (χ4v) is 4.60. The Morgan fingerprint density at radius 2 is 2.15 bits per heavy atom. The molecule has 0 bridgehead atoms. The van der Waals surface area contributed by atoms with Crippen LogP contribution in [-0.4, -0.2) is 30.1 Å².